The Morgan fingerprint density at radius 2 is 2.10 bits per heavy atom. The zero-order chi connectivity index (χ0) is 15.1. The van der Waals surface area contributed by atoms with Crippen molar-refractivity contribution in [2.45, 2.75) is 43.9 Å². The van der Waals surface area contributed by atoms with Crippen LogP contribution in [0.3, 0.4) is 0 Å². The SMILES string of the molecule is CN(CC1CCCCO1)CC(O)C(N)Cc1ccccc1. The van der Waals surface area contributed by atoms with Crippen LogP contribution in [0.2, 0.25) is 0 Å². The lowest BCUT2D eigenvalue weighted by Gasteiger charge is -2.30. The van der Waals surface area contributed by atoms with Gasteiger partial charge in [0.25, 0.3) is 0 Å². The summed E-state index contributed by atoms with van der Waals surface area (Å²) in [6.07, 6.45) is 4.03. The van der Waals surface area contributed by atoms with Crippen LogP contribution in [-0.4, -0.2) is 55.0 Å². The predicted octanol–water partition coefficient (Wildman–Crippen LogP) is 1.42. The average Bonchev–Trinajstić information content (AvgIpc) is 2.49. The Morgan fingerprint density at radius 1 is 1.33 bits per heavy atom. The zero-order valence-corrected chi connectivity index (χ0v) is 12.9. The lowest BCUT2D eigenvalue weighted by molar-refractivity contribution is -0.00935. The molecule has 0 bridgehead atoms. The van der Waals surface area contributed by atoms with Gasteiger partial charge in [0.15, 0.2) is 0 Å². The monoisotopic (exact) mass is 292 g/mol. The van der Waals surface area contributed by atoms with E-state index in [0.717, 1.165) is 19.6 Å². The fourth-order valence-electron chi connectivity index (χ4n) is 2.85. The molecular weight excluding hydrogens is 264 g/mol. The smallest absolute Gasteiger partial charge is 0.0820 e. The van der Waals surface area contributed by atoms with Gasteiger partial charge in [-0.15, -0.1) is 0 Å². The lowest BCUT2D eigenvalue weighted by Crippen LogP contribution is -2.45. The Kier molecular flexibility index (Phi) is 6.64. The van der Waals surface area contributed by atoms with E-state index in [1.54, 1.807) is 0 Å². The highest BCUT2D eigenvalue weighted by Gasteiger charge is 2.20. The summed E-state index contributed by atoms with van der Waals surface area (Å²) < 4.78 is 5.73. The van der Waals surface area contributed by atoms with E-state index in [4.69, 9.17) is 10.5 Å². The molecule has 21 heavy (non-hydrogen) atoms. The maximum absolute atomic E-state index is 10.3. The summed E-state index contributed by atoms with van der Waals surface area (Å²) in [5.41, 5.74) is 7.29. The summed E-state index contributed by atoms with van der Waals surface area (Å²) in [5.74, 6) is 0. The van der Waals surface area contributed by atoms with Crippen molar-refractivity contribution in [2.75, 3.05) is 26.7 Å². The second-order valence-electron chi connectivity index (χ2n) is 6.13. The molecule has 1 aliphatic rings. The van der Waals surface area contributed by atoms with Gasteiger partial charge < -0.3 is 20.5 Å². The molecule has 3 unspecified atom stereocenters. The molecule has 3 N–H and O–H groups in total. The quantitative estimate of drug-likeness (QED) is 0.798. The Labute approximate surface area is 127 Å². The van der Waals surface area contributed by atoms with Crippen LogP contribution in [0.5, 0.6) is 0 Å². The molecule has 0 aromatic heterocycles. The Morgan fingerprint density at radius 3 is 2.76 bits per heavy atom. The first-order valence-corrected chi connectivity index (χ1v) is 7.93. The number of hydrogen-bond donors (Lipinski definition) is 2. The van der Waals surface area contributed by atoms with Crippen LogP contribution in [-0.2, 0) is 11.2 Å². The predicted molar refractivity (Wildman–Crippen MR) is 85.2 cm³/mol. The van der Waals surface area contributed by atoms with Crippen LogP contribution < -0.4 is 5.73 Å². The van der Waals surface area contributed by atoms with E-state index in [0.29, 0.717) is 19.1 Å². The van der Waals surface area contributed by atoms with Crippen LogP contribution in [0.15, 0.2) is 30.3 Å². The van der Waals surface area contributed by atoms with Crippen molar-refractivity contribution in [3.05, 3.63) is 35.9 Å². The van der Waals surface area contributed by atoms with E-state index >= 15 is 0 Å². The molecule has 0 amide bonds. The van der Waals surface area contributed by atoms with Crippen molar-refractivity contribution in [3.63, 3.8) is 0 Å². The first-order valence-electron chi connectivity index (χ1n) is 7.93. The summed E-state index contributed by atoms with van der Waals surface area (Å²) in [7, 11) is 2.02. The highest BCUT2D eigenvalue weighted by Crippen LogP contribution is 2.14. The van der Waals surface area contributed by atoms with Gasteiger partial charge in [-0.1, -0.05) is 30.3 Å². The summed E-state index contributed by atoms with van der Waals surface area (Å²) in [6, 6.07) is 9.85. The van der Waals surface area contributed by atoms with Crippen LogP contribution in [0.4, 0.5) is 0 Å². The number of nitrogens with two attached hydrogens (primary N) is 1. The number of ether oxygens (including phenoxy) is 1. The maximum atomic E-state index is 10.3. The Bertz CT molecular complexity index is 393. The molecule has 0 radical (unpaired) electrons. The topological polar surface area (TPSA) is 58.7 Å². The van der Waals surface area contributed by atoms with E-state index in [2.05, 4.69) is 4.90 Å². The van der Waals surface area contributed by atoms with Crippen LogP contribution in [0, 0.1) is 0 Å². The largest absolute Gasteiger partial charge is 0.390 e. The van der Waals surface area contributed by atoms with Gasteiger partial charge in [0.05, 0.1) is 12.2 Å². The third-order valence-corrected chi connectivity index (χ3v) is 4.10. The second-order valence-corrected chi connectivity index (χ2v) is 6.13. The molecule has 0 saturated carbocycles. The van der Waals surface area contributed by atoms with Crippen LogP contribution >= 0.6 is 0 Å². The molecule has 1 aliphatic heterocycles. The first-order chi connectivity index (χ1) is 10.1. The summed E-state index contributed by atoms with van der Waals surface area (Å²) in [4.78, 5) is 2.13. The number of likely N-dealkylation sites (N-methyl/N-ethyl adjacent to an activating group) is 1. The van der Waals surface area contributed by atoms with Crippen molar-refractivity contribution < 1.29 is 9.84 Å². The van der Waals surface area contributed by atoms with Gasteiger partial charge in [-0.05, 0) is 38.3 Å². The van der Waals surface area contributed by atoms with Gasteiger partial charge >= 0.3 is 0 Å². The molecule has 1 aromatic rings. The number of nitrogens with zero attached hydrogens (tertiary/aromatic N) is 1. The minimum atomic E-state index is -0.515. The molecule has 1 heterocycles. The van der Waals surface area contributed by atoms with Crippen LogP contribution in [0.1, 0.15) is 24.8 Å². The second kappa shape index (κ2) is 8.49. The number of aliphatic hydroxyl groups excluding tert-OH is 1. The van der Waals surface area contributed by atoms with E-state index < -0.39 is 6.10 Å². The normalized spacial score (nSPS) is 22.2. The molecule has 1 aromatic carbocycles. The molecule has 3 atom stereocenters. The highest BCUT2D eigenvalue weighted by atomic mass is 16.5. The minimum absolute atomic E-state index is 0.234. The van der Waals surface area contributed by atoms with Crippen molar-refractivity contribution in [2.24, 2.45) is 5.73 Å². The maximum Gasteiger partial charge on any atom is 0.0820 e. The molecule has 2 rings (SSSR count). The standard InChI is InChI=1S/C17H28N2O2/c1-19(12-15-9-5-6-10-21-15)13-17(20)16(18)11-14-7-3-2-4-8-14/h2-4,7-8,15-17,20H,5-6,9-13,18H2,1H3. The molecule has 1 saturated heterocycles. The zero-order valence-electron chi connectivity index (χ0n) is 12.9. The number of aliphatic hydroxyl groups is 1. The van der Waals surface area contributed by atoms with Gasteiger partial charge in [-0.2, -0.15) is 0 Å². The van der Waals surface area contributed by atoms with Gasteiger partial charge in [-0.3, -0.25) is 0 Å². The summed E-state index contributed by atoms with van der Waals surface area (Å²) >= 11 is 0. The number of hydrogen-bond acceptors (Lipinski definition) is 4. The van der Waals surface area contributed by atoms with E-state index in [9.17, 15) is 5.11 Å². The average molecular weight is 292 g/mol. The summed E-state index contributed by atoms with van der Waals surface area (Å²) in [6.45, 7) is 2.33. The molecule has 0 spiro atoms. The van der Waals surface area contributed by atoms with E-state index in [1.807, 2.05) is 37.4 Å². The molecular formula is C17H28N2O2. The minimum Gasteiger partial charge on any atom is -0.390 e. The molecule has 4 nitrogen and oxygen atoms in total. The molecule has 4 heteroatoms. The van der Waals surface area contributed by atoms with E-state index in [1.165, 1.54) is 18.4 Å². The summed E-state index contributed by atoms with van der Waals surface area (Å²) in [5, 5.41) is 10.3. The molecule has 1 fully saturated rings. The number of benzene rings is 1. The van der Waals surface area contributed by atoms with Gasteiger partial charge in [-0.25, -0.2) is 0 Å². The van der Waals surface area contributed by atoms with Crippen molar-refractivity contribution in [1.82, 2.24) is 4.90 Å². The third kappa shape index (κ3) is 5.75. The number of rotatable bonds is 7. The molecule has 118 valence electrons. The van der Waals surface area contributed by atoms with E-state index in [-0.39, 0.29) is 6.04 Å². The third-order valence-electron chi connectivity index (χ3n) is 4.10. The lowest BCUT2D eigenvalue weighted by atomic mass is 10.0. The first kappa shape index (κ1) is 16.4. The van der Waals surface area contributed by atoms with Gasteiger partial charge in [0.1, 0.15) is 0 Å². The fourth-order valence-corrected chi connectivity index (χ4v) is 2.85. The van der Waals surface area contributed by atoms with Crippen molar-refractivity contribution in [1.29, 1.82) is 0 Å². The van der Waals surface area contributed by atoms with Crippen LogP contribution in [0.25, 0.3) is 0 Å². The van der Waals surface area contributed by atoms with Crippen molar-refractivity contribution in [3.8, 4) is 0 Å². The molecule has 0 aliphatic carbocycles. The fraction of sp³-hybridized carbons (Fsp3) is 0.647. The Balaban J connectivity index is 1.73. The van der Waals surface area contributed by atoms with Gasteiger partial charge in [0.2, 0.25) is 0 Å². The van der Waals surface area contributed by atoms with Crippen molar-refractivity contribution >= 4 is 0 Å². The highest BCUT2D eigenvalue weighted by molar-refractivity contribution is 5.16. The Hall–Kier alpha value is -0.940. The van der Waals surface area contributed by atoms with Gasteiger partial charge in [0, 0.05) is 25.7 Å².